The highest BCUT2D eigenvalue weighted by Gasteiger charge is 2.65. The molecule has 170 valence electrons. The Morgan fingerprint density at radius 1 is 1.13 bits per heavy atom. The van der Waals surface area contributed by atoms with E-state index in [1.54, 1.807) is 4.90 Å². The van der Waals surface area contributed by atoms with Crippen molar-refractivity contribution in [1.29, 1.82) is 0 Å². The van der Waals surface area contributed by atoms with Gasteiger partial charge in [0.15, 0.2) is 6.04 Å². The highest BCUT2D eigenvalue weighted by atomic mass is 32.2. The van der Waals surface area contributed by atoms with Gasteiger partial charge in [-0.05, 0) is 40.2 Å². The number of amides is 3. The minimum atomic E-state index is -0.678. The van der Waals surface area contributed by atoms with E-state index in [0.29, 0.717) is 26.2 Å². The molecule has 0 aliphatic carbocycles. The van der Waals surface area contributed by atoms with Crippen LogP contribution < -0.4 is 10.6 Å². The predicted molar refractivity (Wildman–Crippen MR) is 120 cm³/mol. The van der Waals surface area contributed by atoms with Crippen LogP contribution in [0.1, 0.15) is 40.2 Å². The first-order chi connectivity index (χ1) is 14.7. The lowest BCUT2D eigenvalue weighted by Crippen LogP contribution is -2.71. The van der Waals surface area contributed by atoms with Crippen LogP contribution in [-0.4, -0.2) is 69.3 Å². The first kappa shape index (κ1) is 23.4. The molecule has 2 heterocycles. The molecule has 0 aromatic heterocycles. The van der Waals surface area contributed by atoms with Crippen LogP contribution in [0.25, 0.3) is 0 Å². The summed E-state index contributed by atoms with van der Waals surface area (Å²) in [6, 6.07) is 7.83. The van der Waals surface area contributed by atoms with Crippen LogP contribution in [0.3, 0.4) is 0 Å². The van der Waals surface area contributed by atoms with E-state index >= 15 is 0 Å². The lowest BCUT2D eigenvalue weighted by atomic mass is 9.96. The van der Waals surface area contributed by atoms with Crippen molar-refractivity contribution < 1.29 is 23.9 Å². The topological polar surface area (TPSA) is 87.7 Å². The van der Waals surface area contributed by atoms with Gasteiger partial charge >= 0.3 is 12.0 Å². The summed E-state index contributed by atoms with van der Waals surface area (Å²) in [6.45, 7) is 12.2. The third kappa shape index (κ3) is 4.52. The average molecular weight is 450 g/mol. The van der Waals surface area contributed by atoms with Crippen LogP contribution in [0, 0.1) is 0 Å². The monoisotopic (exact) mass is 449 g/mol. The Kier molecular flexibility index (Phi) is 6.85. The van der Waals surface area contributed by atoms with E-state index in [0.717, 1.165) is 5.56 Å². The molecule has 2 fully saturated rings. The fourth-order valence-corrected chi connectivity index (χ4v) is 5.82. The van der Waals surface area contributed by atoms with E-state index in [1.807, 2.05) is 65.0 Å². The molecule has 31 heavy (non-hydrogen) atoms. The lowest BCUT2D eigenvalue weighted by Gasteiger charge is -2.44. The smallest absolute Gasteiger partial charge is 0.334 e. The maximum Gasteiger partial charge on any atom is 0.390 e. The van der Waals surface area contributed by atoms with Crippen molar-refractivity contribution in [3.05, 3.63) is 35.9 Å². The van der Waals surface area contributed by atoms with Gasteiger partial charge < -0.3 is 15.5 Å². The summed E-state index contributed by atoms with van der Waals surface area (Å²) in [5, 5.41) is 5.27. The molecule has 0 radical (unpaired) electrons. The van der Waals surface area contributed by atoms with Gasteiger partial charge in [-0.1, -0.05) is 30.3 Å². The number of hydroxylamine groups is 3. The fraction of sp³-hybridized carbons (Fsp3) is 0.591. The lowest BCUT2D eigenvalue weighted by molar-refractivity contribution is -1.09. The zero-order valence-electron chi connectivity index (χ0n) is 18.9. The van der Waals surface area contributed by atoms with E-state index in [1.165, 1.54) is 11.8 Å². The van der Waals surface area contributed by atoms with Gasteiger partial charge in [-0.3, -0.25) is 9.63 Å². The number of rotatable bonds is 8. The van der Waals surface area contributed by atoms with E-state index in [2.05, 4.69) is 10.6 Å². The molecule has 0 saturated carbocycles. The summed E-state index contributed by atoms with van der Waals surface area (Å²) < 4.78 is -0.286. The molecule has 8 nitrogen and oxygen atoms in total. The zero-order valence-corrected chi connectivity index (χ0v) is 19.7. The van der Waals surface area contributed by atoms with Crippen molar-refractivity contribution in [2.24, 2.45) is 0 Å². The van der Waals surface area contributed by atoms with Crippen LogP contribution in [0.15, 0.2) is 30.3 Å². The third-order valence-corrected chi connectivity index (χ3v) is 7.83. The predicted octanol–water partition coefficient (Wildman–Crippen LogP) is 2.25. The Bertz CT molecular complexity index is 820. The van der Waals surface area contributed by atoms with Gasteiger partial charge in [-0.15, -0.1) is 16.4 Å². The van der Waals surface area contributed by atoms with Crippen LogP contribution in [0.2, 0.25) is 0 Å². The molecule has 1 aromatic carbocycles. The molecule has 0 spiro atoms. The number of urea groups is 1. The van der Waals surface area contributed by atoms with Crippen molar-refractivity contribution >= 4 is 29.7 Å². The second-order valence-electron chi connectivity index (χ2n) is 8.47. The van der Waals surface area contributed by atoms with Crippen molar-refractivity contribution in [2.45, 2.75) is 63.4 Å². The number of hydrogen-bond donors (Lipinski definition) is 2. The Morgan fingerprint density at radius 2 is 1.74 bits per heavy atom. The van der Waals surface area contributed by atoms with Crippen LogP contribution in [0.4, 0.5) is 4.79 Å². The summed E-state index contributed by atoms with van der Waals surface area (Å²) in [4.78, 5) is 45.8. The van der Waals surface area contributed by atoms with E-state index < -0.39 is 22.9 Å². The Morgan fingerprint density at radius 3 is 2.32 bits per heavy atom. The average Bonchev–Trinajstić information content (AvgIpc) is 3.03. The Labute approximate surface area is 188 Å². The molecule has 0 unspecified atom stereocenters. The van der Waals surface area contributed by atoms with Crippen LogP contribution >= 0.6 is 11.8 Å². The van der Waals surface area contributed by atoms with Gasteiger partial charge in [0.05, 0.1) is 0 Å². The molecule has 1 aromatic rings. The SMILES string of the molecule is CC[N+](CC)(CC)OC(=O)[C@@H]1N2C(=O)[C@@H](NC(=O)NCc3ccccc3)[C@H]2SC1(C)C. The normalized spacial score (nSPS) is 24.2. The highest BCUT2D eigenvalue weighted by molar-refractivity contribution is 8.01. The number of nitrogens with zero attached hydrogens (tertiary/aromatic N) is 2. The molecule has 9 heteroatoms. The minimum absolute atomic E-state index is 0.229. The number of hydrogen-bond acceptors (Lipinski definition) is 5. The molecule has 3 atom stereocenters. The standard InChI is InChI=1S/C22H32N4O4S/c1-6-26(7-2,8-3)30-20(28)17-22(4,5)31-19-16(18(27)25(17)19)24-21(29)23-14-15-12-10-9-11-13-15/h9-13,16-17,19H,6-8,14H2,1-5H3,(H-,23,24,29)/p+1/t16-,17+,19-/m1/s1. The summed E-state index contributed by atoms with van der Waals surface area (Å²) >= 11 is 1.53. The first-order valence-electron chi connectivity index (χ1n) is 10.9. The van der Waals surface area contributed by atoms with Gasteiger partial charge in [0.1, 0.15) is 31.0 Å². The molecular weight excluding hydrogens is 416 g/mol. The van der Waals surface area contributed by atoms with Gasteiger partial charge in [0.25, 0.3) is 0 Å². The second kappa shape index (κ2) is 9.08. The molecule has 2 N–H and O–H groups in total. The van der Waals surface area contributed by atoms with Crippen LogP contribution in [0.5, 0.6) is 0 Å². The quantitative estimate of drug-likeness (QED) is 0.361. The number of fused-ring (bicyclic) bond motifs is 1. The second-order valence-corrected chi connectivity index (χ2v) is 10.2. The van der Waals surface area contributed by atoms with E-state index in [4.69, 9.17) is 4.84 Å². The maximum atomic E-state index is 13.1. The minimum Gasteiger partial charge on any atom is -0.334 e. The van der Waals surface area contributed by atoms with Crippen molar-refractivity contribution in [3.8, 4) is 0 Å². The largest absolute Gasteiger partial charge is 0.390 e. The van der Waals surface area contributed by atoms with Crippen molar-refractivity contribution in [1.82, 2.24) is 15.5 Å². The molecule has 2 aliphatic rings. The molecule has 2 aliphatic heterocycles. The number of β-lactam (4-membered cyclic amide) rings is 1. The van der Waals surface area contributed by atoms with E-state index in [-0.39, 0.29) is 21.9 Å². The van der Waals surface area contributed by atoms with Gasteiger partial charge in [-0.25, -0.2) is 9.59 Å². The van der Waals surface area contributed by atoms with Crippen molar-refractivity contribution in [3.63, 3.8) is 0 Å². The number of thioether (sulfide) groups is 1. The molecule has 3 rings (SSSR count). The highest BCUT2D eigenvalue weighted by Crippen LogP contribution is 2.51. The summed E-state index contributed by atoms with van der Waals surface area (Å²) in [7, 11) is 0. The summed E-state index contributed by atoms with van der Waals surface area (Å²) in [5.74, 6) is -0.631. The third-order valence-electron chi connectivity index (χ3n) is 6.26. The maximum absolute atomic E-state index is 13.1. The van der Waals surface area contributed by atoms with Gasteiger partial charge in [-0.2, -0.15) is 0 Å². The number of carbonyl (C=O) groups excluding carboxylic acids is 3. The molecular formula is C22H33N4O4S+. The number of carbonyl (C=O) groups is 3. The zero-order chi connectivity index (χ0) is 22.8. The van der Waals surface area contributed by atoms with E-state index in [9.17, 15) is 14.4 Å². The molecule has 0 bridgehead atoms. The Balaban J connectivity index is 1.63. The molecule has 2 saturated heterocycles. The van der Waals surface area contributed by atoms with Crippen molar-refractivity contribution in [2.75, 3.05) is 19.6 Å². The summed E-state index contributed by atoms with van der Waals surface area (Å²) in [5.41, 5.74) is 0.975. The first-order valence-corrected chi connectivity index (χ1v) is 11.7. The fourth-order valence-electron chi connectivity index (χ4n) is 4.20. The Hall–Kier alpha value is -2.26. The number of quaternary nitrogens is 1. The van der Waals surface area contributed by atoms with Gasteiger partial charge in [0.2, 0.25) is 5.91 Å². The number of nitrogens with one attached hydrogen (secondary N) is 2. The summed E-state index contributed by atoms with van der Waals surface area (Å²) in [6.07, 6.45) is 0. The van der Waals surface area contributed by atoms with Crippen LogP contribution in [-0.2, 0) is 21.0 Å². The van der Waals surface area contributed by atoms with Gasteiger partial charge in [0, 0.05) is 11.3 Å². The molecule has 3 amide bonds. The number of benzene rings is 1.